The molecule has 1 saturated carbocycles. The molecule has 7 nitrogen and oxygen atoms in total. The van der Waals surface area contributed by atoms with E-state index in [0.717, 1.165) is 29.4 Å². The van der Waals surface area contributed by atoms with Crippen LogP contribution < -0.4 is 9.47 Å². The van der Waals surface area contributed by atoms with Gasteiger partial charge in [0.15, 0.2) is 28.6 Å². The number of hydrogen-bond acceptors (Lipinski definition) is 7. The average Bonchev–Trinajstić information content (AvgIpc) is 3.46. The molecule has 1 aromatic carbocycles. The van der Waals surface area contributed by atoms with Gasteiger partial charge in [0.25, 0.3) is 0 Å². The first-order valence-corrected chi connectivity index (χ1v) is 9.87. The van der Waals surface area contributed by atoms with Gasteiger partial charge in [-0.2, -0.15) is 0 Å². The van der Waals surface area contributed by atoms with Gasteiger partial charge in [0, 0.05) is 19.0 Å². The summed E-state index contributed by atoms with van der Waals surface area (Å²) in [4.78, 5) is 8.94. The Kier molecular flexibility index (Phi) is 4.17. The number of hydrogen-bond donors (Lipinski definition) is 0. The molecule has 2 aliphatic rings. The standard InChI is InChI=1S/C18H16ClN5O2S/c1-24-17(13-9-25-11-4-2-3-5-12(11)26-13)22-23-18(24)27-15-8-14(19)20-16(21-15)10-6-7-10/h2-5,8,10,13H,6-7,9H2,1H3. The number of nitrogens with zero attached hydrogens (tertiary/aromatic N) is 5. The van der Waals surface area contributed by atoms with Crippen molar-refractivity contribution < 1.29 is 9.47 Å². The third-order valence-electron chi connectivity index (χ3n) is 4.49. The van der Waals surface area contributed by atoms with Crippen LogP contribution in [0.2, 0.25) is 5.15 Å². The van der Waals surface area contributed by atoms with Crippen LogP contribution in [-0.4, -0.2) is 31.3 Å². The van der Waals surface area contributed by atoms with Crippen molar-refractivity contribution in [2.24, 2.45) is 7.05 Å². The van der Waals surface area contributed by atoms with E-state index in [1.165, 1.54) is 11.8 Å². The zero-order valence-electron chi connectivity index (χ0n) is 14.5. The van der Waals surface area contributed by atoms with Crippen molar-refractivity contribution in [2.45, 2.75) is 35.0 Å². The van der Waals surface area contributed by atoms with E-state index in [2.05, 4.69) is 20.2 Å². The Balaban J connectivity index is 1.38. The first-order chi connectivity index (χ1) is 13.2. The fraction of sp³-hybridized carbons (Fsp3) is 0.333. The molecule has 138 valence electrons. The Morgan fingerprint density at radius 2 is 1.96 bits per heavy atom. The molecule has 27 heavy (non-hydrogen) atoms. The first kappa shape index (κ1) is 16.8. The molecule has 2 aromatic heterocycles. The van der Waals surface area contributed by atoms with Crippen molar-refractivity contribution in [3.8, 4) is 11.5 Å². The van der Waals surface area contributed by atoms with Crippen molar-refractivity contribution in [1.82, 2.24) is 24.7 Å². The van der Waals surface area contributed by atoms with Gasteiger partial charge in [-0.05, 0) is 36.7 Å². The van der Waals surface area contributed by atoms with Crippen LogP contribution >= 0.6 is 23.4 Å². The zero-order chi connectivity index (χ0) is 18.4. The van der Waals surface area contributed by atoms with Crippen LogP contribution in [0.25, 0.3) is 0 Å². The van der Waals surface area contributed by atoms with Crippen LogP contribution in [0, 0.1) is 0 Å². The summed E-state index contributed by atoms with van der Waals surface area (Å²) in [5.74, 6) is 3.41. The maximum Gasteiger partial charge on any atom is 0.197 e. The molecule has 1 atom stereocenters. The zero-order valence-corrected chi connectivity index (χ0v) is 16.1. The monoisotopic (exact) mass is 401 g/mol. The van der Waals surface area contributed by atoms with Crippen LogP contribution in [0.1, 0.15) is 36.5 Å². The highest BCUT2D eigenvalue weighted by Gasteiger charge is 2.29. The molecule has 1 unspecified atom stereocenters. The molecule has 0 bridgehead atoms. The van der Waals surface area contributed by atoms with Crippen LogP contribution in [-0.2, 0) is 7.05 Å². The van der Waals surface area contributed by atoms with Crippen molar-refractivity contribution >= 4 is 23.4 Å². The van der Waals surface area contributed by atoms with E-state index in [9.17, 15) is 0 Å². The molecule has 0 N–H and O–H groups in total. The highest BCUT2D eigenvalue weighted by molar-refractivity contribution is 7.99. The molecule has 0 amide bonds. The molecule has 1 fully saturated rings. The summed E-state index contributed by atoms with van der Waals surface area (Å²) in [6.45, 7) is 0.388. The van der Waals surface area contributed by atoms with E-state index in [0.29, 0.717) is 34.4 Å². The van der Waals surface area contributed by atoms with Crippen LogP contribution in [0.3, 0.4) is 0 Å². The van der Waals surface area contributed by atoms with Crippen molar-refractivity contribution in [2.75, 3.05) is 6.61 Å². The van der Waals surface area contributed by atoms with Gasteiger partial charge in [0.1, 0.15) is 22.6 Å². The smallest absolute Gasteiger partial charge is 0.197 e. The first-order valence-electron chi connectivity index (χ1n) is 8.67. The number of aromatic nitrogens is 5. The quantitative estimate of drug-likeness (QED) is 0.615. The van der Waals surface area contributed by atoms with E-state index < -0.39 is 0 Å². The van der Waals surface area contributed by atoms with E-state index in [1.54, 1.807) is 6.07 Å². The number of fused-ring (bicyclic) bond motifs is 1. The van der Waals surface area contributed by atoms with Gasteiger partial charge >= 0.3 is 0 Å². The molecule has 0 radical (unpaired) electrons. The summed E-state index contributed by atoms with van der Waals surface area (Å²) in [6.07, 6.45) is 1.93. The minimum Gasteiger partial charge on any atom is -0.485 e. The number of ether oxygens (including phenoxy) is 2. The van der Waals surface area contributed by atoms with E-state index in [4.69, 9.17) is 21.1 Å². The second-order valence-electron chi connectivity index (χ2n) is 6.53. The molecule has 5 rings (SSSR count). The summed E-state index contributed by atoms with van der Waals surface area (Å²) < 4.78 is 13.7. The SMILES string of the molecule is Cn1c(Sc2cc(Cl)nc(C3CC3)n2)nnc1C1COc2ccccc2O1. The Bertz CT molecular complexity index is 1010. The molecule has 1 aliphatic heterocycles. The van der Waals surface area contributed by atoms with Gasteiger partial charge in [0.2, 0.25) is 0 Å². The summed E-state index contributed by atoms with van der Waals surface area (Å²) in [5.41, 5.74) is 0. The number of para-hydroxylation sites is 2. The van der Waals surface area contributed by atoms with Crippen LogP contribution in [0.4, 0.5) is 0 Å². The fourth-order valence-electron chi connectivity index (χ4n) is 2.93. The summed E-state index contributed by atoms with van der Waals surface area (Å²) in [5, 5.41) is 10.5. The lowest BCUT2D eigenvalue weighted by Gasteiger charge is -2.25. The third-order valence-corrected chi connectivity index (χ3v) is 5.64. The van der Waals surface area contributed by atoms with Gasteiger partial charge in [-0.3, -0.25) is 0 Å². The van der Waals surface area contributed by atoms with Crippen molar-refractivity contribution in [1.29, 1.82) is 0 Å². The van der Waals surface area contributed by atoms with Crippen molar-refractivity contribution in [3.63, 3.8) is 0 Å². The summed E-state index contributed by atoms with van der Waals surface area (Å²) in [7, 11) is 1.91. The predicted molar refractivity (Wildman–Crippen MR) is 99.4 cm³/mol. The van der Waals surface area contributed by atoms with E-state index in [-0.39, 0.29) is 6.10 Å². The minimum atomic E-state index is -0.317. The van der Waals surface area contributed by atoms with Crippen molar-refractivity contribution in [3.05, 3.63) is 47.1 Å². The van der Waals surface area contributed by atoms with Crippen LogP contribution in [0.5, 0.6) is 11.5 Å². The van der Waals surface area contributed by atoms with Gasteiger partial charge in [-0.15, -0.1) is 10.2 Å². The normalized spacial score (nSPS) is 18.5. The summed E-state index contributed by atoms with van der Waals surface area (Å²) in [6, 6.07) is 9.36. The average molecular weight is 402 g/mol. The lowest BCUT2D eigenvalue weighted by atomic mass is 10.2. The largest absolute Gasteiger partial charge is 0.485 e. The molecule has 9 heteroatoms. The maximum atomic E-state index is 6.16. The lowest BCUT2D eigenvalue weighted by Crippen LogP contribution is -2.24. The molecular formula is C18H16ClN5O2S. The fourth-order valence-corrected chi connectivity index (χ4v) is 3.99. The second-order valence-corrected chi connectivity index (χ2v) is 7.90. The summed E-state index contributed by atoms with van der Waals surface area (Å²) >= 11 is 7.57. The predicted octanol–water partition coefficient (Wildman–Crippen LogP) is 3.80. The molecule has 1 aliphatic carbocycles. The third kappa shape index (κ3) is 3.35. The van der Waals surface area contributed by atoms with E-state index >= 15 is 0 Å². The maximum absolute atomic E-state index is 6.16. The Morgan fingerprint density at radius 3 is 2.78 bits per heavy atom. The number of benzene rings is 1. The van der Waals surface area contributed by atoms with Gasteiger partial charge < -0.3 is 14.0 Å². The molecule has 3 heterocycles. The molecule has 0 spiro atoms. The van der Waals surface area contributed by atoms with E-state index in [1.807, 2.05) is 35.9 Å². The second kappa shape index (κ2) is 6.69. The number of halogens is 1. The van der Waals surface area contributed by atoms with Gasteiger partial charge in [0.05, 0.1) is 0 Å². The van der Waals surface area contributed by atoms with Crippen LogP contribution in [0.15, 0.2) is 40.5 Å². The minimum absolute atomic E-state index is 0.317. The number of rotatable bonds is 4. The van der Waals surface area contributed by atoms with Gasteiger partial charge in [-0.1, -0.05) is 23.7 Å². The molecule has 3 aromatic rings. The Morgan fingerprint density at radius 1 is 1.15 bits per heavy atom. The highest BCUT2D eigenvalue weighted by Crippen LogP contribution is 2.40. The Labute approximate surface area is 165 Å². The Hall–Kier alpha value is -2.32. The lowest BCUT2D eigenvalue weighted by molar-refractivity contribution is 0.0825. The molecule has 0 saturated heterocycles. The topological polar surface area (TPSA) is 75.0 Å². The highest BCUT2D eigenvalue weighted by atomic mass is 35.5. The van der Waals surface area contributed by atoms with Gasteiger partial charge in [-0.25, -0.2) is 9.97 Å². The molecular weight excluding hydrogens is 386 g/mol.